The molecule has 0 heterocycles. The molecular weight excluding hydrogens is 140 g/mol. The van der Waals surface area contributed by atoms with Crippen LogP contribution in [0.25, 0.3) is 0 Å². The van der Waals surface area contributed by atoms with E-state index in [1.807, 2.05) is 12.1 Å². The van der Waals surface area contributed by atoms with Gasteiger partial charge in [0.1, 0.15) is 6.07 Å². The summed E-state index contributed by atoms with van der Waals surface area (Å²) in [7, 11) is 1.51. The van der Waals surface area contributed by atoms with Crippen LogP contribution in [0.3, 0.4) is 0 Å². The van der Waals surface area contributed by atoms with E-state index in [0.29, 0.717) is 11.3 Å². The fourth-order valence-electron chi connectivity index (χ4n) is 0.780. The Labute approximate surface area is 65.2 Å². The van der Waals surface area contributed by atoms with Gasteiger partial charge in [-0.05, 0) is 12.1 Å². The van der Waals surface area contributed by atoms with Gasteiger partial charge in [0, 0.05) is 0 Å². The monoisotopic (exact) mass is 148 g/mol. The molecule has 0 amide bonds. The molecule has 1 aromatic rings. The van der Waals surface area contributed by atoms with Crippen molar-refractivity contribution in [2.24, 2.45) is 0 Å². The zero-order chi connectivity index (χ0) is 8.10. The third-order valence-electron chi connectivity index (χ3n) is 1.26. The van der Waals surface area contributed by atoms with Crippen LogP contribution in [0.1, 0.15) is 5.56 Å². The van der Waals surface area contributed by atoms with Crippen molar-refractivity contribution in [2.75, 3.05) is 12.6 Å². The molecule has 0 aromatic heterocycles. The molecule has 0 bridgehead atoms. The molecule has 3 heteroatoms. The smallest absolute Gasteiger partial charge is 0.101 e. The number of benzene rings is 1. The van der Waals surface area contributed by atoms with Crippen LogP contribution in [-0.2, 0) is 4.84 Å². The Morgan fingerprint density at radius 3 is 2.82 bits per heavy atom. The fourth-order valence-corrected chi connectivity index (χ4v) is 0.780. The van der Waals surface area contributed by atoms with Gasteiger partial charge in [-0.2, -0.15) is 5.26 Å². The maximum absolute atomic E-state index is 8.60. The topological polar surface area (TPSA) is 45.0 Å². The second-order valence-corrected chi connectivity index (χ2v) is 1.96. The minimum Gasteiger partial charge on any atom is -0.279 e. The lowest BCUT2D eigenvalue weighted by atomic mass is 10.2. The number of para-hydroxylation sites is 1. The predicted octanol–water partition coefficient (Wildman–Crippen LogP) is 1.53. The quantitative estimate of drug-likeness (QED) is 0.647. The van der Waals surface area contributed by atoms with Crippen LogP contribution in [-0.4, -0.2) is 7.11 Å². The average molecular weight is 148 g/mol. The van der Waals surface area contributed by atoms with Crippen molar-refractivity contribution >= 4 is 5.69 Å². The number of nitrogens with one attached hydrogen (secondary N) is 1. The molecule has 1 rings (SSSR count). The lowest BCUT2D eigenvalue weighted by Gasteiger charge is -2.02. The number of anilines is 1. The third-order valence-corrected chi connectivity index (χ3v) is 1.26. The zero-order valence-corrected chi connectivity index (χ0v) is 6.16. The van der Waals surface area contributed by atoms with E-state index in [9.17, 15) is 0 Å². The summed E-state index contributed by atoms with van der Waals surface area (Å²) in [5.41, 5.74) is 3.87. The van der Waals surface area contributed by atoms with E-state index >= 15 is 0 Å². The summed E-state index contributed by atoms with van der Waals surface area (Å²) < 4.78 is 0. The largest absolute Gasteiger partial charge is 0.279 e. The summed E-state index contributed by atoms with van der Waals surface area (Å²) in [6.45, 7) is 0. The average Bonchev–Trinajstić information content (AvgIpc) is 2.06. The Morgan fingerprint density at radius 1 is 1.45 bits per heavy atom. The zero-order valence-electron chi connectivity index (χ0n) is 6.16. The van der Waals surface area contributed by atoms with E-state index in [1.54, 1.807) is 18.2 Å². The van der Waals surface area contributed by atoms with Crippen molar-refractivity contribution in [1.29, 1.82) is 5.26 Å². The number of rotatable bonds is 2. The van der Waals surface area contributed by atoms with E-state index < -0.39 is 0 Å². The van der Waals surface area contributed by atoms with Gasteiger partial charge in [-0.1, -0.05) is 12.1 Å². The van der Waals surface area contributed by atoms with E-state index in [2.05, 4.69) is 10.3 Å². The van der Waals surface area contributed by atoms with Gasteiger partial charge in [0.25, 0.3) is 0 Å². The molecule has 11 heavy (non-hydrogen) atoms. The van der Waals surface area contributed by atoms with Crippen LogP contribution in [0.4, 0.5) is 5.69 Å². The highest BCUT2D eigenvalue weighted by atomic mass is 16.6. The van der Waals surface area contributed by atoms with Gasteiger partial charge in [-0.15, -0.1) is 0 Å². The third kappa shape index (κ3) is 1.69. The highest BCUT2D eigenvalue weighted by Gasteiger charge is 1.96. The maximum Gasteiger partial charge on any atom is 0.101 e. The van der Waals surface area contributed by atoms with Crippen molar-refractivity contribution in [1.82, 2.24) is 0 Å². The summed E-state index contributed by atoms with van der Waals surface area (Å²) in [4.78, 5) is 4.67. The maximum atomic E-state index is 8.60. The Balaban J connectivity index is 2.95. The fraction of sp³-hybridized carbons (Fsp3) is 0.125. The molecule has 0 aliphatic carbocycles. The number of nitrogens with zero attached hydrogens (tertiary/aromatic N) is 1. The van der Waals surface area contributed by atoms with E-state index in [4.69, 9.17) is 5.26 Å². The van der Waals surface area contributed by atoms with Crippen molar-refractivity contribution in [2.45, 2.75) is 0 Å². The first kappa shape index (κ1) is 7.58. The van der Waals surface area contributed by atoms with Gasteiger partial charge in [-0.25, -0.2) is 0 Å². The van der Waals surface area contributed by atoms with Crippen molar-refractivity contribution in [3.8, 4) is 6.07 Å². The van der Waals surface area contributed by atoms with Gasteiger partial charge in [-0.3, -0.25) is 10.3 Å². The van der Waals surface area contributed by atoms with E-state index in [1.165, 1.54) is 7.11 Å². The summed E-state index contributed by atoms with van der Waals surface area (Å²) in [6.07, 6.45) is 0. The van der Waals surface area contributed by atoms with Crippen molar-refractivity contribution < 1.29 is 4.84 Å². The Hall–Kier alpha value is -1.53. The van der Waals surface area contributed by atoms with Crippen LogP contribution in [0.15, 0.2) is 24.3 Å². The second-order valence-electron chi connectivity index (χ2n) is 1.96. The Bertz CT molecular complexity index is 278. The first-order valence-electron chi connectivity index (χ1n) is 3.16. The first-order valence-corrected chi connectivity index (χ1v) is 3.16. The van der Waals surface area contributed by atoms with Gasteiger partial charge in [0.15, 0.2) is 0 Å². The Morgan fingerprint density at radius 2 is 2.18 bits per heavy atom. The molecule has 3 nitrogen and oxygen atoms in total. The predicted molar refractivity (Wildman–Crippen MR) is 41.8 cm³/mol. The molecular formula is C8H8N2O. The molecule has 0 fully saturated rings. The van der Waals surface area contributed by atoms with Crippen molar-refractivity contribution in [3.05, 3.63) is 29.8 Å². The number of nitriles is 1. The lowest BCUT2D eigenvalue weighted by Crippen LogP contribution is -1.97. The lowest BCUT2D eigenvalue weighted by molar-refractivity contribution is 0.271. The second kappa shape index (κ2) is 3.59. The minimum atomic E-state index is 0.578. The Kier molecular flexibility index (Phi) is 2.47. The standard InChI is InChI=1S/C8H8N2O/c1-11-10-8-5-3-2-4-7(8)6-9/h2-5,10H,1H3. The summed E-state index contributed by atoms with van der Waals surface area (Å²) in [5, 5.41) is 8.60. The SMILES string of the molecule is CONc1ccccc1C#N. The highest BCUT2D eigenvalue weighted by Crippen LogP contribution is 2.12. The van der Waals surface area contributed by atoms with Crippen LogP contribution in [0.5, 0.6) is 0 Å². The van der Waals surface area contributed by atoms with Crippen LogP contribution in [0.2, 0.25) is 0 Å². The normalized spacial score (nSPS) is 8.73. The molecule has 0 spiro atoms. The summed E-state index contributed by atoms with van der Waals surface area (Å²) in [6, 6.07) is 9.18. The van der Waals surface area contributed by atoms with Crippen LogP contribution >= 0.6 is 0 Å². The van der Waals surface area contributed by atoms with Crippen molar-refractivity contribution in [3.63, 3.8) is 0 Å². The van der Waals surface area contributed by atoms with Crippen LogP contribution < -0.4 is 5.48 Å². The van der Waals surface area contributed by atoms with E-state index in [-0.39, 0.29) is 0 Å². The molecule has 0 radical (unpaired) electrons. The molecule has 0 aliphatic rings. The molecule has 1 N–H and O–H groups in total. The first-order chi connectivity index (χ1) is 5.38. The number of hydrogen-bond acceptors (Lipinski definition) is 3. The molecule has 0 saturated carbocycles. The number of hydrogen-bond donors (Lipinski definition) is 1. The molecule has 0 aliphatic heterocycles. The molecule has 1 aromatic carbocycles. The summed E-state index contributed by atoms with van der Waals surface area (Å²) >= 11 is 0. The summed E-state index contributed by atoms with van der Waals surface area (Å²) in [5.74, 6) is 0. The van der Waals surface area contributed by atoms with Gasteiger partial charge >= 0.3 is 0 Å². The molecule has 56 valence electrons. The molecule has 0 atom stereocenters. The van der Waals surface area contributed by atoms with Gasteiger partial charge < -0.3 is 0 Å². The molecule has 0 unspecified atom stereocenters. The molecule has 0 saturated heterocycles. The highest BCUT2D eigenvalue weighted by molar-refractivity contribution is 5.55. The van der Waals surface area contributed by atoms with E-state index in [0.717, 1.165) is 0 Å². The van der Waals surface area contributed by atoms with Gasteiger partial charge in [0.05, 0.1) is 18.4 Å². The van der Waals surface area contributed by atoms with Gasteiger partial charge in [0.2, 0.25) is 0 Å². The van der Waals surface area contributed by atoms with Crippen LogP contribution in [0, 0.1) is 11.3 Å². The minimum absolute atomic E-state index is 0.578.